The maximum Gasteiger partial charge on any atom is 0.137 e. The zero-order chi connectivity index (χ0) is 17.8. The summed E-state index contributed by atoms with van der Waals surface area (Å²) in [6.07, 6.45) is 0.793. The van der Waals surface area contributed by atoms with Gasteiger partial charge in [0.05, 0.1) is 22.6 Å². The van der Waals surface area contributed by atoms with E-state index in [0.717, 1.165) is 23.3 Å². The highest BCUT2D eigenvalue weighted by Gasteiger charge is 2.11. The minimum absolute atomic E-state index is 0.534. The Hall–Kier alpha value is -2.78. The van der Waals surface area contributed by atoms with Crippen LogP contribution >= 0.6 is 11.6 Å². The number of halogens is 1. The van der Waals surface area contributed by atoms with Crippen LogP contribution in [0.15, 0.2) is 78.9 Å². The molecular formula is C22H19ClN2O. The van der Waals surface area contributed by atoms with Gasteiger partial charge in [0.15, 0.2) is 0 Å². The third-order valence-corrected chi connectivity index (χ3v) is 4.66. The normalized spacial score (nSPS) is 11.0. The molecule has 0 unspecified atom stereocenters. The Kier molecular flexibility index (Phi) is 4.89. The highest BCUT2D eigenvalue weighted by Crippen LogP contribution is 2.24. The van der Waals surface area contributed by atoms with Gasteiger partial charge < -0.3 is 9.30 Å². The topological polar surface area (TPSA) is 27.1 Å². The van der Waals surface area contributed by atoms with E-state index in [1.165, 1.54) is 5.56 Å². The summed E-state index contributed by atoms with van der Waals surface area (Å²) in [5.74, 6) is 1.75. The molecule has 0 saturated heterocycles. The summed E-state index contributed by atoms with van der Waals surface area (Å²) in [4.78, 5) is 4.83. The van der Waals surface area contributed by atoms with Crippen LogP contribution in [-0.2, 0) is 13.0 Å². The molecule has 4 heteroatoms. The summed E-state index contributed by atoms with van der Waals surface area (Å²) in [5, 5.41) is 0.632. The fourth-order valence-electron chi connectivity index (χ4n) is 3.10. The lowest BCUT2D eigenvalue weighted by Gasteiger charge is -2.12. The SMILES string of the molecule is Clc1ccccc1OCCn1c(Cc2ccccc2)nc2ccccc21. The highest BCUT2D eigenvalue weighted by molar-refractivity contribution is 6.32. The third-order valence-electron chi connectivity index (χ3n) is 4.35. The molecule has 0 radical (unpaired) electrons. The lowest BCUT2D eigenvalue weighted by Crippen LogP contribution is -2.11. The molecule has 4 rings (SSSR count). The molecule has 0 spiro atoms. The molecule has 0 bridgehead atoms. The van der Waals surface area contributed by atoms with Gasteiger partial charge in [-0.2, -0.15) is 0 Å². The van der Waals surface area contributed by atoms with E-state index in [-0.39, 0.29) is 0 Å². The van der Waals surface area contributed by atoms with Gasteiger partial charge in [-0.25, -0.2) is 4.98 Å². The second kappa shape index (κ2) is 7.63. The molecule has 26 heavy (non-hydrogen) atoms. The Balaban J connectivity index is 1.58. The van der Waals surface area contributed by atoms with E-state index < -0.39 is 0 Å². The van der Waals surface area contributed by atoms with Gasteiger partial charge in [-0.1, -0.05) is 66.2 Å². The van der Waals surface area contributed by atoms with Crippen LogP contribution in [0, 0.1) is 0 Å². The van der Waals surface area contributed by atoms with Gasteiger partial charge in [0.2, 0.25) is 0 Å². The number of para-hydroxylation sites is 3. The number of ether oxygens (including phenoxy) is 1. The van der Waals surface area contributed by atoms with E-state index in [1.54, 1.807) is 0 Å². The molecule has 0 N–H and O–H groups in total. The minimum atomic E-state index is 0.534. The smallest absolute Gasteiger partial charge is 0.137 e. The Labute approximate surface area is 157 Å². The molecule has 130 valence electrons. The Morgan fingerprint density at radius 3 is 2.42 bits per heavy atom. The zero-order valence-electron chi connectivity index (χ0n) is 14.3. The first kappa shape index (κ1) is 16.7. The first-order valence-electron chi connectivity index (χ1n) is 8.66. The fraction of sp³-hybridized carbons (Fsp3) is 0.136. The number of fused-ring (bicyclic) bond motifs is 1. The molecule has 0 amide bonds. The van der Waals surface area contributed by atoms with Crippen molar-refractivity contribution in [2.24, 2.45) is 0 Å². The van der Waals surface area contributed by atoms with E-state index in [0.29, 0.717) is 23.9 Å². The number of imidazole rings is 1. The van der Waals surface area contributed by atoms with Gasteiger partial charge in [0, 0.05) is 6.42 Å². The summed E-state index contributed by atoms with van der Waals surface area (Å²) < 4.78 is 8.12. The van der Waals surface area contributed by atoms with Crippen LogP contribution in [0.1, 0.15) is 11.4 Å². The Morgan fingerprint density at radius 1 is 0.846 bits per heavy atom. The number of hydrogen-bond donors (Lipinski definition) is 0. The van der Waals surface area contributed by atoms with Gasteiger partial charge in [-0.3, -0.25) is 0 Å². The van der Waals surface area contributed by atoms with E-state index in [2.05, 4.69) is 41.0 Å². The standard InChI is InChI=1S/C22H19ClN2O/c23-18-10-4-7-13-21(18)26-15-14-25-20-12-6-5-11-19(20)24-22(25)16-17-8-2-1-3-9-17/h1-13H,14-16H2. The van der Waals surface area contributed by atoms with Gasteiger partial charge >= 0.3 is 0 Å². The second-order valence-corrected chi connectivity index (χ2v) is 6.52. The van der Waals surface area contributed by atoms with Crippen molar-refractivity contribution < 1.29 is 4.74 Å². The van der Waals surface area contributed by atoms with Crippen molar-refractivity contribution in [3.63, 3.8) is 0 Å². The van der Waals surface area contributed by atoms with Crippen LogP contribution in [0.25, 0.3) is 11.0 Å². The first-order valence-corrected chi connectivity index (χ1v) is 9.04. The van der Waals surface area contributed by atoms with Gasteiger partial charge in [-0.15, -0.1) is 0 Å². The second-order valence-electron chi connectivity index (χ2n) is 6.11. The van der Waals surface area contributed by atoms with Crippen molar-refractivity contribution in [2.45, 2.75) is 13.0 Å². The summed E-state index contributed by atoms with van der Waals surface area (Å²) in [6, 6.07) is 26.2. The maximum absolute atomic E-state index is 6.17. The molecule has 0 atom stereocenters. The van der Waals surface area contributed by atoms with Crippen LogP contribution in [0.2, 0.25) is 5.02 Å². The summed E-state index contributed by atoms with van der Waals surface area (Å²) >= 11 is 6.17. The van der Waals surface area contributed by atoms with Crippen LogP contribution in [0.4, 0.5) is 0 Å². The molecule has 4 aromatic rings. The largest absolute Gasteiger partial charge is 0.490 e. The molecule has 1 heterocycles. The molecule has 0 saturated carbocycles. The lowest BCUT2D eigenvalue weighted by atomic mass is 10.1. The molecule has 1 aromatic heterocycles. The lowest BCUT2D eigenvalue weighted by molar-refractivity contribution is 0.298. The van der Waals surface area contributed by atoms with Crippen molar-refractivity contribution in [3.05, 3.63) is 95.3 Å². The third kappa shape index (κ3) is 3.58. The zero-order valence-corrected chi connectivity index (χ0v) is 15.1. The molecule has 3 aromatic carbocycles. The van der Waals surface area contributed by atoms with Crippen molar-refractivity contribution in [3.8, 4) is 5.75 Å². The van der Waals surface area contributed by atoms with Gasteiger partial charge in [0.1, 0.15) is 18.2 Å². The number of hydrogen-bond acceptors (Lipinski definition) is 2. The molecule has 0 aliphatic heterocycles. The average Bonchev–Trinajstić information content (AvgIpc) is 3.01. The number of benzene rings is 3. The minimum Gasteiger partial charge on any atom is -0.490 e. The van der Waals surface area contributed by atoms with Crippen molar-refractivity contribution in [1.29, 1.82) is 0 Å². The number of rotatable bonds is 6. The molecule has 0 fully saturated rings. The predicted octanol–water partition coefficient (Wildman–Crippen LogP) is 5.36. The average molecular weight is 363 g/mol. The van der Waals surface area contributed by atoms with Crippen LogP contribution in [-0.4, -0.2) is 16.2 Å². The fourth-order valence-corrected chi connectivity index (χ4v) is 3.29. The molecule has 0 aliphatic rings. The number of aromatic nitrogens is 2. The summed E-state index contributed by atoms with van der Waals surface area (Å²) in [6.45, 7) is 1.25. The van der Waals surface area contributed by atoms with Crippen LogP contribution in [0.5, 0.6) is 5.75 Å². The van der Waals surface area contributed by atoms with Crippen molar-refractivity contribution in [1.82, 2.24) is 9.55 Å². The van der Waals surface area contributed by atoms with E-state index in [4.69, 9.17) is 21.3 Å². The van der Waals surface area contributed by atoms with Gasteiger partial charge in [-0.05, 0) is 29.8 Å². The van der Waals surface area contributed by atoms with E-state index >= 15 is 0 Å². The van der Waals surface area contributed by atoms with Crippen LogP contribution in [0.3, 0.4) is 0 Å². The monoisotopic (exact) mass is 362 g/mol. The Bertz CT molecular complexity index is 1010. The van der Waals surface area contributed by atoms with E-state index in [1.807, 2.05) is 42.5 Å². The summed E-state index contributed by atoms with van der Waals surface area (Å²) in [5.41, 5.74) is 3.38. The first-order chi connectivity index (χ1) is 12.8. The maximum atomic E-state index is 6.17. The van der Waals surface area contributed by atoms with E-state index in [9.17, 15) is 0 Å². The summed E-state index contributed by atoms with van der Waals surface area (Å²) in [7, 11) is 0. The molecule has 3 nitrogen and oxygen atoms in total. The molecule has 0 aliphatic carbocycles. The quantitative estimate of drug-likeness (QED) is 0.461. The van der Waals surface area contributed by atoms with Gasteiger partial charge in [0.25, 0.3) is 0 Å². The van der Waals surface area contributed by atoms with Crippen molar-refractivity contribution in [2.75, 3.05) is 6.61 Å². The highest BCUT2D eigenvalue weighted by atomic mass is 35.5. The van der Waals surface area contributed by atoms with Crippen LogP contribution < -0.4 is 4.74 Å². The predicted molar refractivity (Wildman–Crippen MR) is 106 cm³/mol. The number of nitrogens with zero attached hydrogens (tertiary/aromatic N) is 2. The van der Waals surface area contributed by atoms with Crippen molar-refractivity contribution >= 4 is 22.6 Å². The molecular weight excluding hydrogens is 344 g/mol. The Morgan fingerprint density at radius 2 is 1.58 bits per heavy atom.